The van der Waals surface area contributed by atoms with Crippen molar-refractivity contribution in [1.29, 1.82) is 0 Å². The summed E-state index contributed by atoms with van der Waals surface area (Å²) in [5, 5.41) is 5.42. The van der Waals surface area contributed by atoms with Crippen LogP contribution in [-0.4, -0.2) is 14.5 Å². The molecule has 0 N–H and O–H groups in total. The van der Waals surface area contributed by atoms with Gasteiger partial charge in [-0.1, -0.05) is 123 Å². The number of hydrogen-bond donors (Lipinski definition) is 0. The van der Waals surface area contributed by atoms with Crippen LogP contribution in [0.4, 0.5) is 0 Å². The number of hydrogen-bond acceptors (Lipinski definition) is 3. The third-order valence-corrected chi connectivity index (χ3v) is 11.0. The quantitative estimate of drug-likeness (QED) is 0.191. The molecular formula is C47H31N3O. The second kappa shape index (κ2) is 10.3. The van der Waals surface area contributed by atoms with E-state index in [4.69, 9.17) is 14.4 Å². The van der Waals surface area contributed by atoms with E-state index in [1.807, 2.05) is 18.2 Å². The van der Waals surface area contributed by atoms with Gasteiger partial charge in [-0.25, -0.2) is 9.97 Å². The molecule has 0 unspecified atom stereocenters. The number of rotatable bonds is 3. The molecule has 4 heteroatoms. The van der Waals surface area contributed by atoms with Gasteiger partial charge in [-0.3, -0.25) is 0 Å². The van der Waals surface area contributed by atoms with Crippen LogP contribution in [0.1, 0.15) is 25.0 Å². The maximum Gasteiger partial charge on any atom is 0.164 e. The highest BCUT2D eigenvalue weighted by molar-refractivity contribution is 6.24. The molecule has 3 heterocycles. The number of furan rings is 1. The molecule has 1 aliphatic rings. The monoisotopic (exact) mass is 653 g/mol. The van der Waals surface area contributed by atoms with Crippen molar-refractivity contribution >= 4 is 54.6 Å². The summed E-state index contributed by atoms with van der Waals surface area (Å²) in [6, 6.07) is 53.8. The van der Waals surface area contributed by atoms with Gasteiger partial charge in [-0.15, -0.1) is 0 Å². The van der Waals surface area contributed by atoms with E-state index >= 15 is 0 Å². The molecule has 0 amide bonds. The Labute approximate surface area is 294 Å². The molecule has 7 aromatic carbocycles. The molecule has 1 aliphatic carbocycles. The Hall–Kier alpha value is -6.52. The molecule has 240 valence electrons. The van der Waals surface area contributed by atoms with Crippen molar-refractivity contribution < 1.29 is 4.42 Å². The van der Waals surface area contributed by atoms with Crippen LogP contribution in [0, 0.1) is 0 Å². The van der Waals surface area contributed by atoms with E-state index < -0.39 is 0 Å². The van der Waals surface area contributed by atoms with Gasteiger partial charge < -0.3 is 8.98 Å². The fraction of sp³-hybridized carbons (Fsp3) is 0.0638. The molecule has 0 bridgehead atoms. The number of benzene rings is 7. The van der Waals surface area contributed by atoms with Gasteiger partial charge in [0.15, 0.2) is 5.82 Å². The molecule has 0 atom stereocenters. The van der Waals surface area contributed by atoms with Crippen molar-refractivity contribution in [2.45, 2.75) is 19.3 Å². The molecule has 4 nitrogen and oxygen atoms in total. The van der Waals surface area contributed by atoms with Crippen LogP contribution >= 0.6 is 0 Å². The Bertz CT molecular complexity index is 3060. The fourth-order valence-corrected chi connectivity index (χ4v) is 8.62. The number of para-hydroxylation sites is 3. The first-order valence-corrected chi connectivity index (χ1v) is 17.5. The minimum Gasteiger partial charge on any atom is -0.455 e. The first kappa shape index (κ1) is 28.3. The van der Waals surface area contributed by atoms with Crippen molar-refractivity contribution in [2.24, 2.45) is 0 Å². The fourth-order valence-electron chi connectivity index (χ4n) is 8.62. The van der Waals surface area contributed by atoms with Crippen LogP contribution in [0.3, 0.4) is 0 Å². The standard InChI is InChI=1S/C47H31N3O/c1-47(2)37-20-9-6-15-30(37)36-27-29(23-25-38(36)47)50-40-22-11-8-17-34(40)42-41(50)26-24-32-31-18-12-19-35(44(31)51-45(32)42)46-48-39-21-10-7-16-33(39)43(49-46)28-13-4-3-5-14-28/h3-27H,1-2H3. The smallest absolute Gasteiger partial charge is 0.164 e. The minimum absolute atomic E-state index is 0.0416. The van der Waals surface area contributed by atoms with E-state index in [-0.39, 0.29) is 5.41 Å². The van der Waals surface area contributed by atoms with Crippen molar-refractivity contribution in [2.75, 3.05) is 0 Å². The van der Waals surface area contributed by atoms with Gasteiger partial charge >= 0.3 is 0 Å². The first-order chi connectivity index (χ1) is 25.1. The molecule has 11 rings (SSSR count). The highest BCUT2D eigenvalue weighted by Gasteiger charge is 2.35. The molecule has 0 saturated carbocycles. The zero-order chi connectivity index (χ0) is 33.8. The molecule has 0 aliphatic heterocycles. The predicted molar refractivity (Wildman–Crippen MR) is 210 cm³/mol. The summed E-state index contributed by atoms with van der Waals surface area (Å²) >= 11 is 0. The van der Waals surface area contributed by atoms with Crippen LogP contribution in [-0.2, 0) is 5.41 Å². The van der Waals surface area contributed by atoms with E-state index in [9.17, 15) is 0 Å². The van der Waals surface area contributed by atoms with Gasteiger partial charge in [-0.2, -0.15) is 0 Å². The van der Waals surface area contributed by atoms with Crippen LogP contribution in [0.5, 0.6) is 0 Å². The summed E-state index contributed by atoms with van der Waals surface area (Å²) in [6.45, 7) is 4.66. The summed E-state index contributed by atoms with van der Waals surface area (Å²) in [5.41, 5.74) is 14.2. The SMILES string of the molecule is CC1(C)c2ccccc2-c2cc(-n3c4ccccc4c4c5oc6c(-c7nc(-c8ccccc8)c8ccccc8n7)cccc6c5ccc43)ccc21. The second-order valence-electron chi connectivity index (χ2n) is 14.2. The lowest BCUT2D eigenvalue weighted by molar-refractivity contribution is 0.660. The summed E-state index contributed by atoms with van der Waals surface area (Å²) in [4.78, 5) is 10.3. The maximum atomic E-state index is 7.02. The summed E-state index contributed by atoms with van der Waals surface area (Å²) in [7, 11) is 0. The highest BCUT2D eigenvalue weighted by Crippen LogP contribution is 2.50. The molecular weight excluding hydrogens is 623 g/mol. The van der Waals surface area contributed by atoms with Gasteiger partial charge in [0.1, 0.15) is 11.2 Å². The first-order valence-electron chi connectivity index (χ1n) is 17.5. The van der Waals surface area contributed by atoms with Gasteiger partial charge in [0.2, 0.25) is 0 Å². The lowest BCUT2D eigenvalue weighted by Crippen LogP contribution is -2.14. The van der Waals surface area contributed by atoms with Gasteiger partial charge in [0.25, 0.3) is 0 Å². The van der Waals surface area contributed by atoms with Crippen LogP contribution < -0.4 is 0 Å². The Kier molecular flexibility index (Phi) is 5.70. The maximum absolute atomic E-state index is 7.02. The molecule has 3 aromatic heterocycles. The zero-order valence-corrected chi connectivity index (χ0v) is 28.2. The third-order valence-electron chi connectivity index (χ3n) is 11.0. The van der Waals surface area contributed by atoms with Gasteiger partial charge in [0.05, 0.1) is 33.2 Å². The minimum atomic E-state index is -0.0416. The number of aromatic nitrogens is 3. The highest BCUT2D eigenvalue weighted by atomic mass is 16.3. The second-order valence-corrected chi connectivity index (χ2v) is 14.2. The van der Waals surface area contributed by atoms with Crippen LogP contribution in [0.25, 0.3) is 94.1 Å². The van der Waals surface area contributed by atoms with E-state index in [1.54, 1.807) is 0 Å². The average molecular weight is 654 g/mol. The Morgan fingerprint density at radius 1 is 0.510 bits per heavy atom. The summed E-state index contributed by atoms with van der Waals surface area (Å²) < 4.78 is 9.41. The van der Waals surface area contributed by atoms with Crippen LogP contribution in [0.2, 0.25) is 0 Å². The van der Waals surface area contributed by atoms with Crippen molar-refractivity contribution in [3.05, 3.63) is 163 Å². The topological polar surface area (TPSA) is 43.9 Å². The largest absolute Gasteiger partial charge is 0.455 e. The molecule has 10 aromatic rings. The molecule has 0 saturated heterocycles. The summed E-state index contributed by atoms with van der Waals surface area (Å²) in [5.74, 6) is 0.650. The van der Waals surface area contributed by atoms with E-state index in [0.29, 0.717) is 5.82 Å². The molecule has 0 radical (unpaired) electrons. The van der Waals surface area contributed by atoms with E-state index in [0.717, 1.165) is 77.2 Å². The third kappa shape index (κ3) is 3.90. The van der Waals surface area contributed by atoms with Gasteiger partial charge in [0, 0.05) is 38.2 Å². The Balaban J connectivity index is 1.16. The Morgan fingerprint density at radius 3 is 2.12 bits per heavy atom. The number of fused-ring (bicyclic) bond motifs is 11. The van der Waals surface area contributed by atoms with Gasteiger partial charge in [-0.05, 0) is 64.7 Å². The average Bonchev–Trinajstić information content (AvgIpc) is 3.80. The lowest BCUT2D eigenvalue weighted by Gasteiger charge is -2.21. The molecule has 0 fully saturated rings. The van der Waals surface area contributed by atoms with Crippen molar-refractivity contribution in [3.63, 3.8) is 0 Å². The van der Waals surface area contributed by atoms with E-state index in [1.165, 1.54) is 22.3 Å². The molecule has 0 spiro atoms. The Morgan fingerprint density at radius 2 is 1.22 bits per heavy atom. The lowest BCUT2D eigenvalue weighted by atomic mass is 9.82. The van der Waals surface area contributed by atoms with Crippen molar-refractivity contribution in [3.8, 4) is 39.5 Å². The summed E-state index contributed by atoms with van der Waals surface area (Å²) in [6.07, 6.45) is 0. The van der Waals surface area contributed by atoms with E-state index in [2.05, 4.69) is 152 Å². The normalized spacial score (nSPS) is 13.5. The van der Waals surface area contributed by atoms with Crippen molar-refractivity contribution in [1.82, 2.24) is 14.5 Å². The zero-order valence-electron chi connectivity index (χ0n) is 28.2. The number of nitrogens with zero attached hydrogens (tertiary/aromatic N) is 3. The van der Waals surface area contributed by atoms with Crippen LogP contribution in [0.15, 0.2) is 156 Å². The predicted octanol–water partition coefficient (Wildman–Crippen LogP) is 12.3. The molecule has 51 heavy (non-hydrogen) atoms.